The van der Waals surface area contributed by atoms with Crippen LogP contribution in [0.5, 0.6) is 11.5 Å². The number of esters is 2. The number of benzene rings is 4. The highest BCUT2D eigenvalue weighted by atomic mass is 16.6. The van der Waals surface area contributed by atoms with Crippen LogP contribution < -0.4 is 9.47 Å². The van der Waals surface area contributed by atoms with Crippen LogP contribution in [0.1, 0.15) is 28.7 Å². The predicted octanol–water partition coefficient (Wildman–Crippen LogP) is 5.88. The van der Waals surface area contributed by atoms with Crippen molar-refractivity contribution in [3.05, 3.63) is 131 Å². The average molecular weight is 611 g/mol. The molecule has 45 heavy (non-hydrogen) atoms. The highest BCUT2D eigenvalue weighted by Crippen LogP contribution is 2.19. The summed E-state index contributed by atoms with van der Waals surface area (Å²) in [6, 6.07) is 35.3. The lowest BCUT2D eigenvalue weighted by Crippen LogP contribution is -2.37. The molecule has 0 saturated carbocycles. The van der Waals surface area contributed by atoms with Gasteiger partial charge in [0.15, 0.2) is 12.5 Å². The summed E-state index contributed by atoms with van der Waals surface area (Å²) in [5.74, 6) is 0.232. The molecule has 0 amide bonds. The molecule has 0 spiro atoms. The maximum Gasteiger partial charge on any atom is 0.318 e. The fourth-order valence-corrected chi connectivity index (χ4v) is 4.49. The first-order valence-electron chi connectivity index (χ1n) is 15.0. The van der Waals surface area contributed by atoms with Crippen LogP contribution in [0.2, 0.25) is 0 Å². The Balaban J connectivity index is 1.23. The normalized spacial score (nSPS) is 12.4. The van der Waals surface area contributed by atoms with E-state index in [0.29, 0.717) is 26.1 Å². The second kappa shape index (κ2) is 17.0. The van der Waals surface area contributed by atoms with E-state index in [0.717, 1.165) is 33.8 Å². The number of likely N-dealkylation sites (N-methyl/N-ethyl adjacent to an activating group) is 2. The summed E-state index contributed by atoms with van der Waals surface area (Å²) in [5.41, 5.74) is 4.13. The van der Waals surface area contributed by atoms with Gasteiger partial charge < -0.3 is 18.9 Å². The van der Waals surface area contributed by atoms with Gasteiger partial charge in [0.25, 0.3) is 0 Å². The van der Waals surface area contributed by atoms with Crippen LogP contribution in [0.4, 0.5) is 0 Å². The summed E-state index contributed by atoms with van der Waals surface area (Å²) < 4.78 is 23.1. The van der Waals surface area contributed by atoms with Gasteiger partial charge in [-0.25, -0.2) is 0 Å². The molecule has 0 heterocycles. The van der Waals surface area contributed by atoms with Gasteiger partial charge in [0.05, 0.1) is 0 Å². The monoisotopic (exact) mass is 610 g/mol. The van der Waals surface area contributed by atoms with Crippen molar-refractivity contribution in [2.45, 2.75) is 44.9 Å². The smallest absolute Gasteiger partial charge is 0.318 e. The molecular weight excluding hydrogens is 568 g/mol. The molecular formula is C37H42N2O6. The highest BCUT2D eigenvalue weighted by molar-refractivity contribution is 5.91. The van der Waals surface area contributed by atoms with E-state index in [1.54, 1.807) is 9.80 Å². The van der Waals surface area contributed by atoms with E-state index in [2.05, 4.69) is 0 Å². The van der Waals surface area contributed by atoms with Crippen molar-refractivity contribution in [3.8, 4) is 11.5 Å². The van der Waals surface area contributed by atoms with Crippen LogP contribution in [0.3, 0.4) is 0 Å². The Morgan fingerprint density at radius 2 is 0.867 bits per heavy atom. The quantitative estimate of drug-likeness (QED) is 0.0885. The second-order valence-electron chi connectivity index (χ2n) is 11.2. The number of hydrogen-bond donors (Lipinski definition) is 0. The van der Waals surface area contributed by atoms with Gasteiger partial charge >= 0.3 is 11.9 Å². The Labute approximate surface area is 266 Å². The maximum absolute atomic E-state index is 12.7. The summed E-state index contributed by atoms with van der Waals surface area (Å²) in [5, 5.41) is 0. The Morgan fingerprint density at radius 3 is 1.20 bits per heavy atom. The minimum absolute atomic E-state index is 0.456. The fraction of sp³-hybridized carbons (Fsp3) is 0.297. The second-order valence-corrected chi connectivity index (χ2v) is 11.2. The van der Waals surface area contributed by atoms with Crippen LogP contribution in [-0.2, 0) is 45.1 Å². The minimum atomic E-state index is -0.640. The van der Waals surface area contributed by atoms with Crippen LogP contribution in [0.25, 0.3) is 0 Å². The van der Waals surface area contributed by atoms with E-state index >= 15 is 0 Å². The van der Waals surface area contributed by atoms with Gasteiger partial charge in [-0.3, -0.25) is 19.4 Å². The summed E-state index contributed by atoms with van der Waals surface area (Å²) in [4.78, 5) is 29.1. The lowest BCUT2D eigenvalue weighted by molar-refractivity contribution is -0.168. The third-order valence-electron chi connectivity index (χ3n) is 7.14. The molecule has 0 saturated heterocycles. The Hall–Kier alpha value is -4.66. The number of hydrogen-bond acceptors (Lipinski definition) is 8. The molecule has 236 valence electrons. The highest BCUT2D eigenvalue weighted by Gasteiger charge is 2.23. The fourth-order valence-electron chi connectivity index (χ4n) is 4.49. The van der Waals surface area contributed by atoms with Crippen molar-refractivity contribution in [2.24, 2.45) is 0 Å². The molecule has 0 aromatic heterocycles. The number of carbonyl (C=O) groups is 2. The zero-order valence-corrected chi connectivity index (χ0v) is 26.4. The van der Waals surface area contributed by atoms with Crippen molar-refractivity contribution < 1.29 is 28.5 Å². The Kier molecular flexibility index (Phi) is 12.5. The SMILES string of the molecule is CN(C)C(Cc1ccc(OCc2ccccc2)cc1)OC(=O)CC(=O)OC(Cc1ccc(OCc2ccccc2)cc1)N(C)C. The molecule has 0 bridgehead atoms. The molecule has 0 aliphatic carbocycles. The van der Waals surface area contributed by atoms with Gasteiger partial charge in [0.2, 0.25) is 0 Å². The van der Waals surface area contributed by atoms with E-state index in [-0.39, 0.29) is 0 Å². The first-order valence-corrected chi connectivity index (χ1v) is 15.0. The number of ether oxygens (including phenoxy) is 4. The molecule has 2 atom stereocenters. The molecule has 4 aromatic rings. The van der Waals surface area contributed by atoms with Crippen LogP contribution >= 0.6 is 0 Å². The largest absolute Gasteiger partial charge is 0.489 e. The van der Waals surface area contributed by atoms with Crippen molar-refractivity contribution in [2.75, 3.05) is 28.2 Å². The zero-order chi connectivity index (χ0) is 32.0. The van der Waals surface area contributed by atoms with Crippen LogP contribution in [0, 0.1) is 0 Å². The van der Waals surface area contributed by atoms with Crippen LogP contribution in [0.15, 0.2) is 109 Å². The van der Waals surface area contributed by atoms with Crippen LogP contribution in [-0.4, -0.2) is 62.4 Å². The molecule has 0 aliphatic heterocycles. The van der Waals surface area contributed by atoms with E-state index < -0.39 is 30.8 Å². The predicted molar refractivity (Wildman–Crippen MR) is 174 cm³/mol. The summed E-state index contributed by atoms with van der Waals surface area (Å²) in [6.07, 6.45) is -0.661. The first-order chi connectivity index (χ1) is 21.7. The zero-order valence-electron chi connectivity index (χ0n) is 26.4. The molecule has 4 aromatic carbocycles. The molecule has 8 heteroatoms. The van der Waals surface area contributed by atoms with Gasteiger partial charge in [-0.05, 0) is 74.7 Å². The summed E-state index contributed by atoms with van der Waals surface area (Å²) in [6.45, 7) is 0.971. The topological polar surface area (TPSA) is 77.5 Å². The molecule has 0 radical (unpaired) electrons. The lowest BCUT2D eigenvalue weighted by atomic mass is 10.1. The summed E-state index contributed by atoms with van der Waals surface area (Å²) in [7, 11) is 7.31. The molecule has 0 aliphatic rings. The van der Waals surface area contributed by atoms with E-state index in [1.165, 1.54) is 0 Å². The number of nitrogens with zero attached hydrogens (tertiary/aromatic N) is 2. The molecule has 4 rings (SSSR count). The molecule has 8 nitrogen and oxygen atoms in total. The Bertz CT molecular complexity index is 1350. The molecule has 0 fully saturated rings. The third kappa shape index (κ3) is 11.4. The lowest BCUT2D eigenvalue weighted by Gasteiger charge is -2.26. The van der Waals surface area contributed by atoms with E-state index in [1.807, 2.05) is 137 Å². The number of rotatable bonds is 16. The van der Waals surface area contributed by atoms with Crippen molar-refractivity contribution in [3.63, 3.8) is 0 Å². The molecule has 0 N–H and O–H groups in total. The average Bonchev–Trinajstić information content (AvgIpc) is 3.04. The standard InChI is InChI=1S/C37H42N2O6/c1-38(2)34(23-28-15-19-32(20-16-28)42-26-30-11-7-5-8-12-30)44-36(40)25-37(41)45-35(39(3)4)24-29-17-21-33(22-18-29)43-27-31-13-9-6-10-14-31/h5-22,34-35H,23-27H2,1-4H3. The maximum atomic E-state index is 12.7. The Morgan fingerprint density at radius 1 is 0.511 bits per heavy atom. The van der Waals surface area contributed by atoms with Crippen molar-refractivity contribution in [1.82, 2.24) is 9.80 Å². The minimum Gasteiger partial charge on any atom is -0.489 e. The third-order valence-corrected chi connectivity index (χ3v) is 7.14. The van der Waals surface area contributed by atoms with Gasteiger partial charge in [-0.2, -0.15) is 0 Å². The molecule has 2 unspecified atom stereocenters. The summed E-state index contributed by atoms with van der Waals surface area (Å²) >= 11 is 0. The van der Waals surface area contributed by atoms with Gasteiger partial charge in [-0.1, -0.05) is 84.9 Å². The van der Waals surface area contributed by atoms with E-state index in [4.69, 9.17) is 18.9 Å². The van der Waals surface area contributed by atoms with E-state index in [9.17, 15) is 9.59 Å². The number of carbonyl (C=O) groups excluding carboxylic acids is 2. The first kappa shape index (κ1) is 33.2. The van der Waals surface area contributed by atoms with Gasteiger partial charge in [0, 0.05) is 12.8 Å². The van der Waals surface area contributed by atoms with Gasteiger partial charge in [-0.15, -0.1) is 0 Å². The van der Waals surface area contributed by atoms with Gasteiger partial charge in [0.1, 0.15) is 31.1 Å². The van der Waals surface area contributed by atoms with Crippen molar-refractivity contribution in [1.29, 1.82) is 0 Å². The van der Waals surface area contributed by atoms with Crippen molar-refractivity contribution >= 4 is 11.9 Å².